The Morgan fingerprint density at radius 3 is 2.52 bits per heavy atom. The van der Waals surface area contributed by atoms with Crippen LogP contribution in [0.5, 0.6) is 0 Å². The molecular formula is C21H18F2N2O5S. The van der Waals surface area contributed by atoms with E-state index in [9.17, 15) is 32.2 Å². The van der Waals surface area contributed by atoms with E-state index in [1.165, 1.54) is 24.3 Å². The van der Waals surface area contributed by atoms with Crippen LogP contribution in [0.4, 0.5) is 8.78 Å². The van der Waals surface area contributed by atoms with E-state index in [4.69, 9.17) is 0 Å². The molecule has 4 rings (SSSR count). The fourth-order valence-electron chi connectivity index (χ4n) is 3.60. The predicted octanol–water partition coefficient (Wildman–Crippen LogP) is 2.75. The zero-order valence-corrected chi connectivity index (χ0v) is 17.1. The number of sulfonamides is 1. The predicted molar refractivity (Wildman–Crippen MR) is 108 cm³/mol. The van der Waals surface area contributed by atoms with Gasteiger partial charge in [-0.25, -0.2) is 27.0 Å². The van der Waals surface area contributed by atoms with Crippen LogP contribution in [0.1, 0.15) is 15.9 Å². The largest absolute Gasteiger partial charge is 0.478 e. The van der Waals surface area contributed by atoms with Crippen molar-refractivity contribution in [2.24, 2.45) is 0 Å². The van der Waals surface area contributed by atoms with E-state index in [1.807, 2.05) is 0 Å². The minimum absolute atomic E-state index is 0.0366. The van der Waals surface area contributed by atoms with Crippen LogP contribution in [-0.4, -0.2) is 59.3 Å². The third kappa shape index (κ3) is 3.78. The number of fused-ring (bicyclic) bond motifs is 1. The molecule has 0 aliphatic carbocycles. The Bertz CT molecular complexity index is 1300. The van der Waals surface area contributed by atoms with Crippen molar-refractivity contribution < 1.29 is 32.2 Å². The molecule has 7 nitrogen and oxygen atoms in total. The molecule has 1 aliphatic rings. The zero-order valence-electron chi connectivity index (χ0n) is 16.3. The van der Waals surface area contributed by atoms with E-state index in [2.05, 4.69) is 4.98 Å². The molecule has 1 aromatic heterocycles. The van der Waals surface area contributed by atoms with Gasteiger partial charge in [-0.1, -0.05) is 6.07 Å². The van der Waals surface area contributed by atoms with Gasteiger partial charge in [0.05, 0.1) is 21.7 Å². The molecule has 0 amide bonds. The third-order valence-electron chi connectivity index (χ3n) is 5.30. The first-order valence-corrected chi connectivity index (χ1v) is 10.8. The number of rotatable bonds is 4. The SMILES string of the molecule is Cc1cc(-c2ccc(S(=O)(=O)N3C[C@@H](O)[C@H](F)C3)cc2F)nc2cc(C(=O)O)ccc12. The quantitative estimate of drug-likeness (QED) is 0.636. The first-order chi connectivity index (χ1) is 14.6. The molecule has 1 fully saturated rings. The maximum absolute atomic E-state index is 14.9. The van der Waals surface area contributed by atoms with E-state index < -0.39 is 47.2 Å². The van der Waals surface area contributed by atoms with Gasteiger partial charge in [0.1, 0.15) is 18.1 Å². The first-order valence-electron chi connectivity index (χ1n) is 9.35. The second kappa shape index (κ2) is 7.63. The number of hydrogen-bond acceptors (Lipinski definition) is 5. The van der Waals surface area contributed by atoms with E-state index in [-0.39, 0.29) is 21.7 Å². The Kier molecular flexibility index (Phi) is 5.24. The molecule has 1 saturated heterocycles. The molecule has 31 heavy (non-hydrogen) atoms. The molecule has 2 N–H and O–H groups in total. The zero-order chi connectivity index (χ0) is 22.5. The van der Waals surface area contributed by atoms with Crippen molar-refractivity contribution in [3.8, 4) is 11.3 Å². The number of aliphatic hydroxyl groups excluding tert-OH is 1. The number of aliphatic hydroxyl groups is 1. The molecule has 2 atom stereocenters. The van der Waals surface area contributed by atoms with Crippen molar-refractivity contribution in [2.75, 3.05) is 13.1 Å². The number of carbonyl (C=O) groups is 1. The van der Waals surface area contributed by atoms with Gasteiger partial charge >= 0.3 is 5.97 Å². The summed E-state index contributed by atoms with van der Waals surface area (Å²) >= 11 is 0. The number of β-amino-alcohol motifs (C(OH)–C–C–N with tert-alkyl or cyclic N) is 1. The van der Waals surface area contributed by atoms with Crippen molar-refractivity contribution in [3.63, 3.8) is 0 Å². The van der Waals surface area contributed by atoms with Crippen molar-refractivity contribution in [2.45, 2.75) is 24.1 Å². The van der Waals surface area contributed by atoms with Crippen molar-refractivity contribution in [3.05, 3.63) is 59.4 Å². The summed E-state index contributed by atoms with van der Waals surface area (Å²) in [5.41, 5.74) is 1.40. The maximum atomic E-state index is 14.9. The van der Waals surface area contributed by atoms with E-state index in [1.54, 1.807) is 19.1 Å². The molecule has 0 radical (unpaired) electrons. The Hall–Kier alpha value is -2.95. The minimum Gasteiger partial charge on any atom is -0.478 e. The summed E-state index contributed by atoms with van der Waals surface area (Å²) in [6, 6.07) is 9.38. The monoisotopic (exact) mass is 448 g/mol. The number of alkyl halides is 1. The Morgan fingerprint density at radius 1 is 1.16 bits per heavy atom. The number of carboxylic acids is 1. The molecule has 2 heterocycles. The van der Waals surface area contributed by atoms with Crippen molar-refractivity contribution >= 4 is 26.9 Å². The number of halogens is 2. The minimum atomic E-state index is -4.18. The lowest BCUT2D eigenvalue weighted by molar-refractivity contribution is 0.0697. The van der Waals surface area contributed by atoms with Crippen LogP contribution in [0.25, 0.3) is 22.2 Å². The fourth-order valence-corrected chi connectivity index (χ4v) is 5.07. The normalized spacial score (nSPS) is 19.7. The van der Waals surface area contributed by atoms with Crippen LogP contribution < -0.4 is 0 Å². The van der Waals surface area contributed by atoms with Gasteiger partial charge in [0.2, 0.25) is 10.0 Å². The molecule has 0 bridgehead atoms. The lowest BCUT2D eigenvalue weighted by atomic mass is 10.0. The van der Waals surface area contributed by atoms with Crippen molar-refractivity contribution in [1.82, 2.24) is 9.29 Å². The Balaban J connectivity index is 1.74. The highest BCUT2D eigenvalue weighted by Gasteiger charge is 2.38. The van der Waals surface area contributed by atoms with Gasteiger partial charge in [0.15, 0.2) is 0 Å². The summed E-state index contributed by atoms with van der Waals surface area (Å²) in [4.78, 5) is 15.2. The van der Waals surface area contributed by atoms with Gasteiger partial charge in [-0.15, -0.1) is 0 Å². The van der Waals surface area contributed by atoms with Crippen LogP contribution in [-0.2, 0) is 10.0 Å². The molecule has 10 heteroatoms. The lowest BCUT2D eigenvalue weighted by Gasteiger charge is -2.16. The number of aryl methyl sites for hydroxylation is 1. The molecule has 0 spiro atoms. The second-order valence-electron chi connectivity index (χ2n) is 7.41. The summed E-state index contributed by atoms with van der Waals surface area (Å²) in [5.74, 6) is -1.96. The average Bonchev–Trinajstić information content (AvgIpc) is 3.06. The molecule has 0 saturated carbocycles. The number of benzene rings is 2. The van der Waals surface area contributed by atoms with Gasteiger partial charge in [-0.05, 0) is 48.9 Å². The maximum Gasteiger partial charge on any atom is 0.335 e. The number of aromatic carboxylic acids is 1. The smallest absolute Gasteiger partial charge is 0.335 e. The van der Waals surface area contributed by atoms with Crippen LogP contribution in [0, 0.1) is 12.7 Å². The molecule has 0 unspecified atom stereocenters. The standard InChI is InChI=1S/C21H18F2N2O5S/c1-11-6-18(24-19-7-12(21(27)28)2-4-14(11)19)15-5-3-13(8-16(15)22)31(29,30)25-9-17(23)20(26)10-25/h2-8,17,20,26H,9-10H2,1H3,(H,27,28)/t17-,20-/m1/s1. The van der Waals surface area contributed by atoms with E-state index >= 15 is 0 Å². The topological polar surface area (TPSA) is 108 Å². The molecule has 2 aromatic carbocycles. The summed E-state index contributed by atoms with van der Waals surface area (Å²) in [6.07, 6.45) is -3.11. The van der Waals surface area contributed by atoms with Crippen LogP contribution >= 0.6 is 0 Å². The van der Waals surface area contributed by atoms with Gasteiger partial charge in [0, 0.05) is 24.0 Å². The number of nitrogens with zero attached hydrogens (tertiary/aromatic N) is 2. The molecule has 162 valence electrons. The van der Waals surface area contributed by atoms with Gasteiger partial charge in [0.25, 0.3) is 0 Å². The highest BCUT2D eigenvalue weighted by atomic mass is 32.2. The highest BCUT2D eigenvalue weighted by Crippen LogP contribution is 2.30. The van der Waals surface area contributed by atoms with Gasteiger partial charge in [-0.3, -0.25) is 0 Å². The number of pyridine rings is 1. The van der Waals surface area contributed by atoms with E-state index in [0.29, 0.717) is 10.9 Å². The number of carboxylic acid groups (broad SMARTS) is 1. The van der Waals surface area contributed by atoms with Crippen molar-refractivity contribution in [1.29, 1.82) is 0 Å². The molecular weight excluding hydrogens is 430 g/mol. The fraction of sp³-hybridized carbons (Fsp3) is 0.238. The molecule has 3 aromatic rings. The summed E-state index contributed by atoms with van der Waals surface area (Å²) in [6.45, 7) is 0.880. The summed E-state index contributed by atoms with van der Waals surface area (Å²) in [5, 5.41) is 19.4. The number of hydrogen-bond donors (Lipinski definition) is 2. The second-order valence-corrected chi connectivity index (χ2v) is 9.35. The summed E-state index contributed by atoms with van der Waals surface area (Å²) < 4.78 is 54.6. The van der Waals surface area contributed by atoms with Crippen LogP contribution in [0.15, 0.2) is 47.4 Å². The third-order valence-corrected chi connectivity index (χ3v) is 7.13. The Morgan fingerprint density at radius 2 is 1.90 bits per heavy atom. The van der Waals surface area contributed by atoms with Gasteiger partial charge < -0.3 is 10.2 Å². The van der Waals surface area contributed by atoms with Crippen LogP contribution in [0.3, 0.4) is 0 Å². The number of aromatic nitrogens is 1. The lowest BCUT2D eigenvalue weighted by Crippen LogP contribution is -2.29. The van der Waals surface area contributed by atoms with E-state index in [0.717, 1.165) is 15.9 Å². The van der Waals surface area contributed by atoms with Crippen LogP contribution in [0.2, 0.25) is 0 Å². The Labute approximate surface area is 176 Å². The highest BCUT2D eigenvalue weighted by molar-refractivity contribution is 7.89. The summed E-state index contributed by atoms with van der Waals surface area (Å²) in [7, 11) is -4.18. The first kappa shape index (κ1) is 21.3. The average molecular weight is 448 g/mol. The molecule has 1 aliphatic heterocycles. The van der Waals surface area contributed by atoms with Gasteiger partial charge in [-0.2, -0.15) is 4.31 Å².